The summed E-state index contributed by atoms with van der Waals surface area (Å²) < 4.78 is 12.9. The molecule has 232 valence electrons. The number of ether oxygens (including phenoxy) is 2. The molecule has 4 aliphatic rings. The Hall–Kier alpha value is -2.86. The van der Waals surface area contributed by atoms with E-state index in [0.29, 0.717) is 30.8 Å². The summed E-state index contributed by atoms with van der Waals surface area (Å²) in [6.45, 7) is 6.17. The summed E-state index contributed by atoms with van der Waals surface area (Å²) in [6, 6.07) is 15.3. The summed E-state index contributed by atoms with van der Waals surface area (Å²) in [4.78, 5) is 31.0. The van der Waals surface area contributed by atoms with E-state index in [4.69, 9.17) is 9.47 Å². The number of likely N-dealkylation sites (tertiary alicyclic amines) is 1. The normalized spacial score (nSPS) is 26.9. The monoisotopic (exact) mass is 586 g/mol. The van der Waals surface area contributed by atoms with E-state index >= 15 is 0 Å². The minimum absolute atomic E-state index is 0.0630. The van der Waals surface area contributed by atoms with E-state index < -0.39 is 0 Å². The molecule has 2 heterocycles. The number of methoxy groups -OCH3 is 1. The van der Waals surface area contributed by atoms with Gasteiger partial charge in [-0.1, -0.05) is 62.6 Å². The fourth-order valence-electron chi connectivity index (χ4n) is 9.13. The maximum atomic E-state index is 14.1. The third-order valence-corrected chi connectivity index (χ3v) is 11.0. The molecule has 0 aromatic heterocycles. The number of Topliss-reactive ketones (excluding diaryl/α,β-unsaturated/α-hetero) is 1. The summed E-state index contributed by atoms with van der Waals surface area (Å²) >= 11 is 0. The van der Waals surface area contributed by atoms with Crippen LogP contribution in [0.5, 0.6) is 11.5 Å². The predicted molar refractivity (Wildman–Crippen MR) is 170 cm³/mol. The second-order valence-corrected chi connectivity index (χ2v) is 13.5. The third kappa shape index (κ3) is 5.61. The molecule has 2 fully saturated rings. The van der Waals surface area contributed by atoms with Crippen LogP contribution in [0.25, 0.3) is 0 Å². The topological polar surface area (TPSA) is 59.1 Å². The van der Waals surface area contributed by atoms with Gasteiger partial charge in [-0.15, -0.1) is 0 Å². The Balaban J connectivity index is 1.24. The van der Waals surface area contributed by atoms with Crippen molar-refractivity contribution in [3.05, 3.63) is 59.2 Å². The van der Waals surface area contributed by atoms with Crippen molar-refractivity contribution in [1.29, 1.82) is 0 Å². The molecule has 6 rings (SSSR count). The lowest BCUT2D eigenvalue weighted by atomic mass is 9.51. The molecule has 1 saturated carbocycles. The second-order valence-electron chi connectivity index (χ2n) is 13.5. The van der Waals surface area contributed by atoms with Crippen LogP contribution in [0.3, 0.4) is 0 Å². The van der Waals surface area contributed by atoms with Gasteiger partial charge in [0.25, 0.3) is 0 Å². The summed E-state index contributed by atoms with van der Waals surface area (Å²) in [6.07, 6.45) is 12.0. The molecule has 0 unspecified atom stereocenters. The van der Waals surface area contributed by atoms with E-state index in [2.05, 4.69) is 59.2 Å². The molecule has 6 heteroatoms. The molecule has 43 heavy (non-hydrogen) atoms. The zero-order valence-electron chi connectivity index (χ0n) is 26.5. The number of carbonyl (C=O) groups is 2. The largest absolute Gasteiger partial charge is 0.493 e. The maximum Gasteiger partial charge on any atom is 0.222 e. The third-order valence-electron chi connectivity index (χ3n) is 11.0. The first-order valence-electron chi connectivity index (χ1n) is 16.9. The Labute approximate surface area is 258 Å². The zero-order valence-corrected chi connectivity index (χ0v) is 26.5. The molecule has 0 N–H and O–H groups in total. The fourth-order valence-corrected chi connectivity index (χ4v) is 9.13. The molecule has 5 atom stereocenters. The zero-order chi connectivity index (χ0) is 30.0. The number of nitrogens with zero attached hydrogens (tertiary/aromatic N) is 2. The second kappa shape index (κ2) is 13.0. The van der Waals surface area contributed by atoms with Crippen LogP contribution in [0.2, 0.25) is 0 Å². The average molecular weight is 587 g/mol. The van der Waals surface area contributed by atoms with E-state index in [1.165, 1.54) is 16.7 Å². The number of hydrogen-bond acceptors (Lipinski definition) is 5. The Kier molecular flexibility index (Phi) is 9.13. The summed E-state index contributed by atoms with van der Waals surface area (Å²) in [7, 11) is 1.73. The van der Waals surface area contributed by atoms with Gasteiger partial charge >= 0.3 is 0 Å². The van der Waals surface area contributed by atoms with Crippen LogP contribution in [0, 0.1) is 5.92 Å². The molecule has 2 aromatic carbocycles. The van der Waals surface area contributed by atoms with Gasteiger partial charge < -0.3 is 14.4 Å². The van der Waals surface area contributed by atoms with E-state index in [1.807, 2.05) is 0 Å². The SMILES string of the molecule is CCCCCN(C(=O)CCCCCc1ccccc1)[C@H]1CC[C@H]2[C@H]3Cc4ccc(OC)c5c4[C@@]2(CCN3CC(C)=O)[C@H]1O5. The van der Waals surface area contributed by atoms with E-state index in [-0.39, 0.29) is 23.3 Å². The van der Waals surface area contributed by atoms with Crippen LogP contribution in [-0.2, 0) is 27.8 Å². The number of carbonyl (C=O) groups excluding carboxylic acids is 2. The van der Waals surface area contributed by atoms with Crippen molar-refractivity contribution in [2.24, 2.45) is 5.92 Å². The molecule has 2 aliphatic carbocycles. The first-order valence-corrected chi connectivity index (χ1v) is 16.9. The number of unbranched alkanes of at least 4 members (excludes halogenated alkanes) is 4. The number of amides is 1. The van der Waals surface area contributed by atoms with Crippen molar-refractivity contribution in [2.75, 3.05) is 26.7 Å². The van der Waals surface area contributed by atoms with Gasteiger partial charge in [0.15, 0.2) is 11.5 Å². The molecule has 6 nitrogen and oxygen atoms in total. The van der Waals surface area contributed by atoms with Gasteiger partial charge in [-0.05, 0) is 87.9 Å². The van der Waals surface area contributed by atoms with Gasteiger partial charge in [0.05, 0.1) is 19.7 Å². The smallest absolute Gasteiger partial charge is 0.222 e. The quantitative estimate of drug-likeness (QED) is 0.236. The standard InChI is InChI=1S/C37H50N2O4/c1-4-5-12-22-39(33(41)16-11-7-10-15-27-13-8-6-9-14-27)30-19-18-29-31-24-28-17-20-32(42-3)35-34(28)37(29,36(30)43-35)21-23-38(31)25-26(2)40/h6,8-9,13-14,17,20,29-31,36H,4-5,7,10-12,15-16,18-19,21-25H2,1-3H3/t29-,30-,31+,36-,37-/m0/s1. The summed E-state index contributed by atoms with van der Waals surface area (Å²) in [5, 5.41) is 0. The van der Waals surface area contributed by atoms with Crippen LogP contribution in [0.4, 0.5) is 0 Å². The highest BCUT2D eigenvalue weighted by Crippen LogP contribution is 2.64. The number of benzene rings is 2. The molecule has 1 saturated heterocycles. The van der Waals surface area contributed by atoms with Crippen molar-refractivity contribution in [2.45, 2.75) is 114 Å². The Morgan fingerprint density at radius 3 is 2.65 bits per heavy atom. The highest BCUT2D eigenvalue weighted by Gasteiger charge is 2.66. The molecule has 0 radical (unpaired) electrons. The van der Waals surface area contributed by atoms with Gasteiger partial charge in [-0.25, -0.2) is 0 Å². The van der Waals surface area contributed by atoms with Crippen LogP contribution in [0.1, 0.15) is 94.7 Å². The Bertz CT molecular complexity index is 1300. The number of hydrogen-bond donors (Lipinski definition) is 0. The molecule has 1 spiro atoms. The summed E-state index contributed by atoms with van der Waals surface area (Å²) in [5.74, 6) is 2.69. The molecule has 2 bridgehead atoms. The molecule has 2 aromatic rings. The Morgan fingerprint density at radius 2 is 1.88 bits per heavy atom. The number of piperidine rings is 1. The van der Waals surface area contributed by atoms with E-state index in [0.717, 1.165) is 95.2 Å². The van der Waals surface area contributed by atoms with Gasteiger partial charge in [0, 0.05) is 30.0 Å². The molecule has 1 amide bonds. The van der Waals surface area contributed by atoms with Crippen molar-refractivity contribution in [3.8, 4) is 11.5 Å². The van der Waals surface area contributed by atoms with Crippen molar-refractivity contribution in [1.82, 2.24) is 9.80 Å². The molecule has 2 aliphatic heterocycles. The summed E-state index contributed by atoms with van der Waals surface area (Å²) in [5.41, 5.74) is 3.94. The van der Waals surface area contributed by atoms with Crippen molar-refractivity contribution < 1.29 is 19.1 Å². The van der Waals surface area contributed by atoms with Crippen LogP contribution in [-0.4, -0.2) is 66.4 Å². The van der Waals surface area contributed by atoms with E-state index in [9.17, 15) is 9.59 Å². The minimum atomic E-state index is -0.128. The number of ketones is 1. The minimum Gasteiger partial charge on any atom is -0.493 e. The number of rotatable bonds is 14. The van der Waals surface area contributed by atoms with Gasteiger partial charge in [0.2, 0.25) is 5.91 Å². The first kappa shape index (κ1) is 30.2. The van der Waals surface area contributed by atoms with Crippen LogP contribution >= 0.6 is 0 Å². The lowest BCUT2D eigenvalue weighted by molar-refractivity contribution is -0.143. The van der Waals surface area contributed by atoms with Crippen molar-refractivity contribution in [3.63, 3.8) is 0 Å². The van der Waals surface area contributed by atoms with Gasteiger partial charge in [-0.3, -0.25) is 14.5 Å². The number of aryl methyl sites for hydroxylation is 1. The Morgan fingerprint density at radius 1 is 1.05 bits per heavy atom. The fraction of sp³-hybridized carbons (Fsp3) is 0.622. The van der Waals surface area contributed by atoms with Crippen LogP contribution < -0.4 is 9.47 Å². The molecular formula is C37H50N2O4. The average Bonchev–Trinajstić information content (AvgIpc) is 3.36. The highest BCUT2D eigenvalue weighted by atomic mass is 16.5. The maximum absolute atomic E-state index is 14.1. The lowest BCUT2D eigenvalue weighted by Crippen LogP contribution is -2.69. The van der Waals surface area contributed by atoms with Crippen molar-refractivity contribution >= 4 is 11.7 Å². The lowest BCUT2D eigenvalue weighted by Gasteiger charge is -2.60. The van der Waals surface area contributed by atoms with E-state index in [1.54, 1.807) is 14.0 Å². The predicted octanol–water partition coefficient (Wildman–Crippen LogP) is 6.51. The van der Waals surface area contributed by atoms with Crippen LogP contribution in [0.15, 0.2) is 42.5 Å². The first-order chi connectivity index (χ1) is 21.0. The molecular weight excluding hydrogens is 536 g/mol. The highest BCUT2D eigenvalue weighted by molar-refractivity contribution is 5.78. The van der Waals surface area contributed by atoms with Gasteiger partial charge in [0.1, 0.15) is 11.9 Å². The van der Waals surface area contributed by atoms with Gasteiger partial charge in [-0.2, -0.15) is 0 Å².